The highest BCUT2D eigenvalue weighted by Gasteiger charge is 2.66. The normalized spacial score (nSPS) is 22.0. The van der Waals surface area contributed by atoms with E-state index in [-0.39, 0.29) is 5.91 Å². The van der Waals surface area contributed by atoms with Crippen LogP contribution in [-0.2, 0) is 9.53 Å². The third-order valence-corrected chi connectivity index (χ3v) is 5.39. The molecule has 1 saturated heterocycles. The summed E-state index contributed by atoms with van der Waals surface area (Å²) in [6.45, 7) is 7.63. The Kier molecular flexibility index (Phi) is 5.88. The molecule has 0 aromatic heterocycles. The number of β-lactam (4-membered cyclic amide) rings is 1. The highest BCUT2D eigenvalue weighted by atomic mass is 16.5. The molecular weight excluding hydrogens is 370 g/mol. The molecule has 2 N–H and O–H groups in total. The molecule has 0 bridgehead atoms. The first-order valence-electron chi connectivity index (χ1n) is 9.18. The van der Waals surface area contributed by atoms with Gasteiger partial charge in [-0.15, -0.1) is 0 Å². The van der Waals surface area contributed by atoms with Crippen LogP contribution in [0.25, 0.3) is 5.57 Å². The van der Waals surface area contributed by atoms with Crippen molar-refractivity contribution >= 4 is 17.2 Å². The Balaban J connectivity index is 2.01. The molecule has 152 valence electrons. The van der Waals surface area contributed by atoms with E-state index in [9.17, 15) is 15.0 Å². The summed E-state index contributed by atoms with van der Waals surface area (Å²) in [5.74, 6) is 0.255. The minimum Gasteiger partial charge on any atom is -0.497 e. The van der Waals surface area contributed by atoms with Gasteiger partial charge in [0.15, 0.2) is 5.60 Å². The molecule has 2 aromatic carbocycles. The van der Waals surface area contributed by atoms with E-state index in [1.54, 1.807) is 31.4 Å². The van der Waals surface area contributed by atoms with Crippen LogP contribution in [0.5, 0.6) is 5.75 Å². The number of carbonyl (C=O) groups is 1. The average molecular weight is 395 g/mol. The van der Waals surface area contributed by atoms with Crippen LogP contribution >= 0.6 is 0 Å². The number of ether oxygens (including phenoxy) is 2. The third-order valence-electron chi connectivity index (χ3n) is 5.39. The van der Waals surface area contributed by atoms with Crippen molar-refractivity contribution in [2.24, 2.45) is 0 Å². The SMILES string of the molecule is C=C(C(=C)[C@]1(OC)C(=O)N(c2ccc(OC)cc2)[C@H]1[C@H](O)CO)c1ccccc1. The largest absolute Gasteiger partial charge is 0.497 e. The molecule has 6 nitrogen and oxygen atoms in total. The van der Waals surface area contributed by atoms with Crippen molar-refractivity contribution in [1.82, 2.24) is 0 Å². The standard InChI is InChI=1S/C23H25NO5/c1-15(17-8-6-5-7-9-17)16(2)23(29-4)21(20(26)14-25)24(22(23)27)18-10-12-19(28-3)13-11-18/h5-13,20-21,25-26H,1-2,14H2,3-4H3/t20-,21+,23-/m1/s1. The first kappa shape index (κ1) is 20.8. The van der Waals surface area contributed by atoms with E-state index in [1.165, 1.54) is 12.0 Å². The minimum atomic E-state index is -1.53. The minimum absolute atomic E-state index is 0.346. The van der Waals surface area contributed by atoms with E-state index in [0.29, 0.717) is 22.6 Å². The summed E-state index contributed by atoms with van der Waals surface area (Å²) in [5.41, 5.74) is 0.694. The summed E-state index contributed by atoms with van der Waals surface area (Å²) in [4.78, 5) is 14.8. The molecule has 1 aliphatic rings. The number of aliphatic hydroxyl groups excluding tert-OH is 2. The van der Waals surface area contributed by atoms with Gasteiger partial charge in [-0.2, -0.15) is 0 Å². The molecule has 0 spiro atoms. The van der Waals surface area contributed by atoms with E-state index in [0.717, 1.165) is 5.56 Å². The zero-order valence-corrected chi connectivity index (χ0v) is 16.5. The van der Waals surface area contributed by atoms with Crippen molar-refractivity contribution in [3.05, 3.63) is 78.9 Å². The lowest BCUT2D eigenvalue weighted by Gasteiger charge is -2.57. The average Bonchev–Trinajstić information content (AvgIpc) is 2.77. The first-order chi connectivity index (χ1) is 13.9. The monoisotopic (exact) mass is 395 g/mol. The number of anilines is 1. The predicted octanol–water partition coefficient (Wildman–Crippen LogP) is 2.42. The molecule has 0 radical (unpaired) electrons. The molecule has 6 heteroatoms. The number of hydrogen-bond acceptors (Lipinski definition) is 5. The maximum atomic E-state index is 13.4. The van der Waals surface area contributed by atoms with Crippen LogP contribution in [0, 0.1) is 0 Å². The van der Waals surface area contributed by atoms with Crippen molar-refractivity contribution in [1.29, 1.82) is 0 Å². The lowest BCUT2D eigenvalue weighted by atomic mass is 9.70. The Hall–Kier alpha value is -2.93. The second-order valence-electron chi connectivity index (χ2n) is 6.83. The third kappa shape index (κ3) is 3.25. The number of carbonyl (C=O) groups excluding carboxylic acids is 1. The second-order valence-corrected chi connectivity index (χ2v) is 6.83. The Morgan fingerprint density at radius 3 is 2.28 bits per heavy atom. The number of aliphatic hydroxyl groups is 2. The van der Waals surface area contributed by atoms with Crippen LogP contribution in [0.2, 0.25) is 0 Å². The summed E-state index contributed by atoms with van der Waals surface area (Å²) in [6, 6.07) is 15.3. The molecule has 3 rings (SSSR count). The number of rotatable bonds is 8. The number of methoxy groups -OCH3 is 2. The van der Waals surface area contributed by atoms with Gasteiger partial charge >= 0.3 is 0 Å². The molecule has 1 heterocycles. The fourth-order valence-electron chi connectivity index (χ4n) is 3.79. The molecule has 0 saturated carbocycles. The van der Waals surface area contributed by atoms with Crippen molar-refractivity contribution in [3.63, 3.8) is 0 Å². The number of hydrogen-bond donors (Lipinski definition) is 2. The maximum Gasteiger partial charge on any atom is 0.266 e. The second kappa shape index (κ2) is 8.21. The molecule has 1 amide bonds. The van der Waals surface area contributed by atoms with Gasteiger partial charge in [-0.05, 0) is 41.0 Å². The van der Waals surface area contributed by atoms with Crippen molar-refractivity contribution < 1.29 is 24.5 Å². The van der Waals surface area contributed by atoms with Crippen LogP contribution in [0.3, 0.4) is 0 Å². The summed E-state index contributed by atoms with van der Waals surface area (Å²) in [5, 5.41) is 20.2. The summed E-state index contributed by atoms with van der Waals surface area (Å²) in [7, 11) is 2.95. The van der Waals surface area contributed by atoms with Gasteiger partial charge in [0, 0.05) is 12.8 Å². The Bertz CT molecular complexity index is 909. The van der Waals surface area contributed by atoms with Gasteiger partial charge in [0.25, 0.3) is 5.91 Å². The molecule has 1 aliphatic heterocycles. The Labute approximate surface area is 170 Å². The summed E-state index contributed by atoms with van der Waals surface area (Å²) < 4.78 is 10.8. The lowest BCUT2D eigenvalue weighted by Crippen LogP contribution is -2.79. The van der Waals surface area contributed by atoms with Crippen LogP contribution in [0.4, 0.5) is 5.69 Å². The quantitative estimate of drug-likeness (QED) is 0.530. The number of amides is 1. The molecule has 0 aliphatic carbocycles. The van der Waals surface area contributed by atoms with E-state index < -0.39 is 24.4 Å². The summed E-state index contributed by atoms with van der Waals surface area (Å²) in [6.07, 6.45) is -1.24. The lowest BCUT2D eigenvalue weighted by molar-refractivity contribution is -0.159. The molecular formula is C23H25NO5. The highest BCUT2D eigenvalue weighted by Crippen LogP contribution is 2.47. The molecule has 3 atom stereocenters. The highest BCUT2D eigenvalue weighted by molar-refractivity contribution is 6.13. The first-order valence-corrected chi connectivity index (χ1v) is 9.18. The van der Waals surface area contributed by atoms with Crippen LogP contribution in [0.15, 0.2) is 73.3 Å². The molecule has 29 heavy (non-hydrogen) atoms. The van der Waals surface area contributed by atoms with Gasteiger partial charge in [0.1, 0.15) is 17.9 Å². The maximum absolute atomic E-state index is 13.4. The number of benzene rings is 2. The smallest absolute Gasteiger partial charge is 0.266 e. The zero-order chi connectivity index (χ0) is 21.2. The van der Waals surface area contributed by atoms with Gasteiger partial charge in [-0.25, -0.2) is 0 Å². The zero-order valence-electron chi connectivity index (χ0n) is 16.5. The number of nitrogens with zero attached hydrogens (tertiary/aromatic N) is 1. The fraction of sp³-hybridized carbons (Fsp3) is 0.261. The Morgan fingerprint density at radius 2 is 1.76 bits per heavy atom. The van der Waals surface area contributed by atoms with E-state index >= 15 is 0 Å². The van der Waals surface area contributed by atoms with Crippen LogP contribution in [-0.4, -0.2) is 54.7 Å². The van der Waals surface area contributed by atoms with E-state index in [4.69, 9.17) is 9.47 Å². The molecule has 0 unspecified atom stereocenters. The van der Waals surface area contributed by atoms with Crippen molar-refractivity contribution in [3.8, 4) is 5.75 Å². The van der Waals surface area contributed by atoms with Crippen LogP contribution in [0.1, 0.15) is 5.56 Å². The topological polar surface area (TPSA) is 79.2 Å². The Morgan fingerprint density at radius 1 is 1.14 bits per heavy atom. The van der Waals surface area contributed by atoms with Gasteiger partial charge < -0.3 is 19.7 Å². The van der Waals surface area contributed by atoms with Gasteiger partial charge in [-0.1, -0.05) is 43.5 Å². The fourth-order valence-corrected chi connectivity index (χ4v) is 3.79. The van der Waals surface area contributed by atoms with Gasteiger partial charge in [0.2, 0.25) is 0 Å². The predicted molar refractivity (Wildman–Crippen MR) is 112 cm³/mol. The van der Waals surface area contributed by atoms with E-state index in [2.05, 4.69) is 13.2 Å². The molecule has 1 fully saturated rings. The van der Waals surface area contributed by atoms with Crippen molar-refractivity contribution in [2.45, 2.75) is 17.7 Å². The van der Waals surface area contributed by atoms with Gasteiger partial charge in [-0.3, -0.25) is 9.69 Å². The summed E-state index contributed by atoms with van der Waals surface area (Å²) >= 11 is 0. The van der Waals surface area contributed by atoms with Gasteiger partial charge in [0.05, 0.1) is 13.7 Å². The molecule has 2 aromatic rings. The van der Waals surface area contributed by atoms with E-state index in [1.807, 2.05) is 30.3 Å². The van der Waals surface area contributed by atoms with Crippen molar-refractivity contribution in [2.75, 3.05) is 25.7 Å². The van der Waals surface area contributed by atoms with Crippen LogP contribution < -0.4 is 9.64 Å².